The number of hydrogen-bond acceptors (Lipinski definition) is 3. The summed E-state index contributed by atoms with van der Waals surface area (Å²) in [7, 11) is 0. The van der Waals surface area contributed by atoms with Crippen molar-refractivity contribution in [3.05, 3.63) is 35.9 Å². The smallest absolute Gasteiger partial charge is 0.220 e. The van der Waals surface area contributed by atoms with Crippen LogP contribution in [-0.4, -0.2) is 36.9 Å². The maximum Gasteiger partial charge on any atom is 0.220 e. The minimum atomic E-state index is -0.281. The van der Waals surface area contributed by atoms with Crippen molar-refractivity contribution < 1.29 is 14.6 Å². The van der Waals surface area contributed by atoms with E-state index in [4.69, 9.17) is 4.74 Å². The highest BCUT2D eigenvalue weighted by Gasteiger charge is 2.11. The molecule has 0 aliphatic rings. The number of aryl methyl sites for hydroxylation is 1. The molecule has 40 heavy (non-hydrogen) atoms. The summed E-state index contributed by atoms with van der Waals surface area (Å²) in [6.45, 7) is 3.33. The molecular formula is C36H65NO3. The standard InChI is InChI=1S/C36H65NO3/c1-2-3-4-5-6-7-8-9-10-13-16-19-25-30-36(39)37-35(32-38)33-40-31-26-20-17-14-11-12-15-18-22-27-34-28-23-21-24-29-34/h21,23-24,28-29,35,38H,2-20,22,25-27,30-33H2,1H3,(H,37,39)/t35-/m0/s1. The van der Waals surface area contributed by atoms with Crippen molar-refractivity contribution >= 4 is 5.91 Å². The van der Waals surface area contributed by atoms with Crippen molar-refractivity contribution in [3.63, 3.8) is 0 Å². The molecule has 0 radical (unpaired) electrons. The largest absolute Gasteiger partial charge is 0.394 e. The predicted molar refractivity (Wildman–Crippen MR) is 172 cm³/mol. The van der Waals surface area contributed by atoms with E-state index in [1.165, 1.54) is 134 Å². The van der Waals surface area contributed by atoms with Crippen LogP contribution in [0.2, 0.25) is 0 Å². The van der Waals surface area contributed by atoms with E-state index in [1.807, 2.05) is 0 Å². The zero-order valence-corrected chi connectivity index (χ0v) is 26.3. The van der Waals surface area contributed by atoms with Gasteiger partial charge in [-0.25, -0.2) is 0 Å². The molecule has 1 aromatic rings. The molecule has 0 saturated carbocycles. The van der Waals surface area contributed by atoms with Crippen molar-refractivity contribution in [1.29, 1.82) is 0 Å². The molecule has 1 atom stereocenters. The van der Waals surface area contributed by atoms with Gasteiger partial charge in [0.25, 0.3) is 0 Å². The molecule has 0 unspecified atom stereocenters. The Hall–Kier alpha value is -1.39. The Labute approximate surface area is 248 Å². The lowest BCUT2D eigenvalue weighted by molar-refractivity contribution is -0.122. The number of carbonyl (C=O) groups excluding carboxylic acids is 1. The van der Waals surface area contributed by atoms with E-state index in [9.17, 15) is 9.90 Å². The first kappa shape index (κ1) is 36.6. The predicted octanol–water partition coefficient (Wildman–Crippen LogP) is 9.72. The Morgan fingerprint density at radius 2 is 1.15 bits per heavy atom. The molecular weight excluding hydrogens is 494 g/mol. The highest BCUT2D eigenvalue weighted by molar-refractivity contribution is 5.76. The van der Waals surface area contributed by atoms with E-state index in [0.29, 0.717) is 19.6 Å². The van der Waals surface area contributed by atoms with Crippen LogP contribution in [0.25, 0.3) is 0 Å². The van der Waals surface area contributed by atoms with Crippen molar-refractivity contribution in [1.82, 2.24) is 5.32 Å². The number of ether oxygens (including phenoxy) is 1. The molecule has 1 rings (SSSR count). The van der Waals surface area contributed by atoms with Crippen molar-refractivity contribution in [2.45, 2.75) is 167 Å². The highest BCUT2D eigenvalue weighted by atomic mass is 16.5. The van der Waals surface area contributed by atoms with Gasteiger partial charge in [-0.15, -0.1) is 0 Å². The molecule has 0 fully saturated rings. The zero-order valence-electron chi connectivity index (χ0n) is 26.3. The third-order valence-corrected chi connectivity index (χ3v) is 8.01. The SMILES string of the molecule is CCCCCCCCCCCCCCCC(=O)N[C@@H](CO)COCCCCCCCCCCCc1ccccc1. The number of benzene rings is 1. The second-order valence-corrected chi connectivity index (χ2v) is 11.9. The Kier molecular flexibility index (Phi) is 26.7. The van der Waals surface area contributed by atoms with Gasteiger partial charge in [0.15, 0.2) is 0 Å². The van der Waals surface area contributed by atoms with Gasteiger partial charge in [-0.1, -0.05) is 159 Å². The Morgan fingerprint density at radius 1 is 0.675 bits per heavy atom. The number of rotatable bonds is 30. The number of nitrogens with one attached hydrogen (secondary N) is 1. The first-order chi connectivity index (χ1) is 19.8. The van der Waals surface area contributed by atoms with E-state index >= 15 is 0 Å². The van der Waals surface area contributed by atoms with Crippen molar-refractivity contribution in [3.8, 4) is 0 Å². The van der Waals surface area contributed by atoms with E-state index in [2.05, 4.69) is 42.6 Å². The fourth-order valence-electron chi connectivity index (χ4n) is 5.38. The van der Waals surface area contributed by atoms with Crippen LogP contribution < -0.4 is 5.32 Å². The van der Waals surface area contributed by atoms with Crippen LogP contribution in [0.5, 0.6) is 0 Å². The number of unbranched alkanes of at least 4 members (excludes halogenated alkanes) is 20. The number of carbonyl (C=O) groups is 1. The van der Waals surface area contributed by atoms with E-state index in [0.717, 1.165) is 19.3 Å². The molecule has 0 aliphatic carbocycles. The van der Waals surface area contributed by atoms with Crippen LogP contribution in [0.4, 0.5) is 0 Å². The van der Waals surface area contributed by atoms with E-state index in [1.54, 1.807) is 0 Å². The average molecular weight is 560 g/mol. The lowest BCUT2D eigenvalue weighted by atomic mass is 10.0. The van der Waals surface area contributed by atoms with Crippen molar-refractivity contribution in [2.75, 3.05) is 19.8 Å². The van der Waals surface area contributed by atoms with Crippen LogP contribution in [0.3, 0.4) is 0 Å². The maximum absolute atomic E-state index is 12.2. The van der Waals surface area contributed by atoms with Gasteiger partial charge in [0.2, 0.25) is 5.91 Å². The summed E-state index contributed by atoms with van der Waals surface area (Å²) >= 11 is 0. The molecule has 0 aromatic heterocycles. The molecule has 0 bridgehead atoms. The molecule has 1 aromatic carbocycles. The molecule has 1 amide bonds. The second kappa shape index (κ2) is 29.1. The molecule has 4 nitrogen and oxygen atoms in total. The van der Waals surface area contributed by atoms with Crippen LogP contribution in [0, 0.1) is 0 Å². The number of hydrogen-bond donors (Lipinski definition) is 2. The van der Waals surface area contributed by atoms with Gasteiger partial charge in [0.1, 0.15) is 0 Å². The zero-order chi connectivity index (χ0) is 28.8. The molecule has 2 N–H and O–H groups in total. The Bertz CT molecular complexity index is 651. The third-order valence-electron chi connectivity index (χ3n) is 8.01. The number of aliphatic hydroxyl groups excluding tert-OH is 1. The van der Waals surface area contributed by atoms with Gasteiger partial charge in [-0.2, -0.15) is 0 Å². The minimum Gasteiger partial charge on any atom is -0.394 e. The molecule has 4 heteroatoms. The molecule has 0 heterocycles. The summed E-state index contributed by atoms with van der Waals surface area (Å²) in [4.78, 5) is 12.2. The highest BCUT2D eigenvalue weighted by Crippen LogP contribution is 2.14. The van der Waals surface area contributed by atoms with Gasteiger partial charge >= 0.3 is 0 Å². The van der Waals surface area contributed by atoms with Gasteiger partial charge in [-0.05, 0) is 31.2 Å². The van der Waals surface area contributed by atoms with Crippen LogP contribution in [0.1, 0.15) is 160 Å². The lowest BCUT2D eigenvalue weighted by Gasteiger charge is -2.16. The summed E-state index contributed by atoms with van der Waals surface area (Å²) in [6.07, 6.45) is 30.3. The molecule has 0 aliphatic heterocycles. The minimum absolute atomic E-state index is 0.0470. The Balaban J connectivity index is 1.82. The molecule has 232 valence electrons. The molecule has 0 spiro atoms. The van der Waals surface area contributed by atoms with Gasteiger partial charge in [0.05, 0.1) is 19.3 Å². The monoisotopic (exact) mass is 559 g/mol. The third kappa shape index (κ3) is 24.4. The van der Waals surface area contributed by atoms with Crippen LogP contribution >= 0.6 is 0 Å². The van der Waals surface area contributed by atoms with Gasteiger partial charge in [0, 0.05) is 13.0 Å². The molecule has 0 saturated heterocycles. The first-order valence-electron chi connectivity index (χ1n) is 17.3. The second-order valence-electron chi connectivity index (χ2n) is 11.9. The quantitative estimate of drug-likeness (QED) is 0.0922. The fraction of sp³-hybridized carbons (Fsp3) is 0.806. The van der Waals surface area contributed by atoms with E-state index < -0.39 is 0 Å². The first-order valence-corrected chi connectivity index (χ1v) is 17.3. The Morgan fingerprint density at radius 3 is 1.68 bits per heavy atom. The summed E-state index contributed by atoms with van der Waals surface area (Å²) in [5, 5.41) is 12.5. The maximum atomic E-state index is 12.2. The average Bonchev–Trinajstić information content (AvgIpc) is 2.97. The van der Waals surface area contributed by atoms with Gasteiger partial charge < -0.3 is 15.2 Å². The van der Waals surface area contributed by atoms with Crippen molar-refractivity contribution in [2.24, 2.45) is 0 Å². The summed E-state index contributed by atoms with van der Waals surface area (Å²) in [6, 6.07) is 10.5. The fourth-order valence-corrected chi connectivity index (χ4v) is 5.38. The van der Waals surface area contributed by atoms with E-state index in [-0.39, 0.29) is 18.6 Å². The van der Waals surface area contributed by atoms with Crippen LogP contribution in [0.15, 0.2) is 30.3 Å². The number of amides is 1. The summed E-state index contributed by atoms with van der Waals surface area (Å²) < 4.78 is 5.74. The topological polar surface area (TPSA) is 58.6 Å². The normalized spacial score (nSPS) is 12.1. The van der Waals surface area contributed by atoms with Gasteiger partial charge in [-0.3, -0.25) is 4.79 Å². The van der Waals surface area contributed by atoms with Crippen LogP contribution in [-0.2, 0) is 16.0 Å². The number of aliphatic hydroxyl groups is 1. The summed E-state index contributed by atoms with van der Waals surface area (Å²) in [5.41, 5.74) is 1.46. The lowest BCUT2D eigenvalue weighted by Crippen LogP contribution is -2.40. The summed E-state index contributed by atoms with van der Waals surface area (Å²) in [5.74, 6) is 0.0470.